The SMILES string of the molecule is COc1cc(C(F)(F)F)cc(Cl)c1B(O)O. The van der Waals surface area contributed by atoms with Crippen molar-refractivity contribution in [1.82, 2.24) is 0 Å². The maximum absolute atomic E-state index is 12.4. The third-order valence-corrected chi connectivity index (χ3v) is 2.21. The zero-order chi connectivity index (χ0) is 12.5. The number of methoxy groups -OCH3 is 1. The number of hydrogen-bond donors (Lipinski definition) is 2. The molecule has 3 nitrogen and oxygen atoms in total. The summed E-state index contributed by atoms with van der Waals surface area (Å²) in [6, 6.07) is 1.26. The van der Waals surface area contributed by atoms with E-state index in [-0.39, 0.29) is 11.2 Å². The minimum absolute atomic E-state index is 0.294. The quantitative estimate of drug-likeness (QED) is 0.776. The monoisotopic (exact) mass is 254 g/mol. The van der Waals surface area contributed by atoms with E-state index in [9.17, 15) is 13.2 Å². The van der Waals surface area contributed by atoms with Crippen molar-refractivity contribution in [3.05, 3.63) is 22.7 Å². The second-order valence-corrected chi connectivity index (χ2v) is 3.35. The van der Waals surface area contributed by atoms with Crippen LogP contribution in [0, 0.1) is 0 Å². The van der Waals surface area contributed by atoms with Crippen LogP contribution in [0.2, 0.25) is 5.02 Å². The van der Waals surface area contributed by atoms with E-state index in [2.05, 4.69) is 4.74 Å². The van der Waals surface area contributed by atoms with Gasteiger partial charge in [-0.25, -0.2) is 0 Å². The Kier molecular flexibility index (Phi) is 3.72. The molecule has 0 unspecified atom stereocenters. The zero-order valence-electron chi connectivity index (χ0n) is 8.05. The highest BCUT2D eigenvalue weighted by Crippen LogP contribution is 2.33. The third kappa shape index (κ3) is 2.60. The highest BCUT2D eigenvalue weighted by Gasteiger charge is 2.33. The summed E-state index contributed by atoms with van der Waals surface area (Å²) in [6.45, 7) is 0. The van der Waals surface area contributed by atoms with Crippen molar-refractivity contribution in [2.45, 2.75) is 6.18 Å². The molecule has 8 heteroatoms. The fraction of sp³-hybridized carbons (Fsp3) is 0.250. The van der Waals surface area contributed by atoms with E-state index in [0.717, 1.165) is 7.11 Å². The van der Waals surface area contributed by atoms with E-state index in [4.69, 9.17) is 21.6 Å². The first kappa shape index (κ1) is 13.2. The van der Waals surface area contributed by atoms with Gasteiger partial charge in [0.25, 0.3) is 0 Å². The highest BCUT2D eigenvalue weighted by molar-refractivity contribution is 6.63. The van der Waals surface area contributed by atoms with Crippen molar-refractivity contribution in [2.24, 2.45) is 0 Å². The van der Waals surface area contributed by atoms with Gasteiger partial charge in [-0.3, -0.25) is 0 Å². The second-order valence-electron chi connectivity index (χ2n) is 2.95. The highest BCUT2D eigenvalue weighted by atomic mass is 35.5. The number of hydrogen-bond acceptors (Lipinski definition) is 3. The summed E-state index contributed by atoms with van der Waals surface area (Å²) in [4.78, 5) is 0. The van der Waals surface area contributed by atoms with Gasteiger partial charge in [-0.05, 0) is 12.1 Å². The van der Waals surface area contributed by atoms with Crippen molar-refractivity contribution in [3.8, 4) is 5.75 Å². The van der Waals surface area contributed by atoms with Crippen LogP contribution < -0.4 is 10.2 Å². The molecule has 0 aliphatic rings. The molecule has 0 atom stereocenters. The Balaban J connectivity index is 3.38. The lowest BCUT2D eigenvalue weighted by Gasteiger charge is -2.14. The van der Waals surface area contributed by atoms with Gasteiger partial charge in [0.15, 0.2) is 0 Å². The lowest BCUT2D eigenvalue weighted by atomic mass is 9.79. The van der Waals surface area contributed by atoms with Crippen LogP contribution in [0.5, 0.6) is 5.75 Å². The van der Waals surface area contributed by atoms with E-state index >= 15 is 0 Å². The largest absolute Gasteiger partial charge is 0.497 e. The topological polar surface area (TPSA) is 49.7 Å². The van der Waals surface area contributed by atoms with Crippen molar-refractivity contribution in [1.29, 1.82) is 0 Å². The summed E-state index contributed by atoms with van der Waals surface area (Å²) in [5.74, 6) is -0.324. The summed E-state index contributed by atoms with van der Waals surface area (Å²) >= 11 is 5.51. The number of alkyl halides is 3. The molecule has 0 bridgehead atoms. The Morgan fingerprint density at radius 2 is 1.88 bits per heavy atom. The second kappa shape index (κ2) is 4.53. The summed E-state index contributed by atoms with van der Waals surface area (Å²) in [5, 5.41) is 17.4. The molecule has 0 spiro atoms. The number of halogens is 4. The summed E-state index contributed by atoms with van der Waals surface area (Å²) in [7, 11) is -0.887. The molecule has 2 N–H and O–H groups in total. The molecule has 0 aromatic heterocycles. The first-order chi connectivity index (χ1) is 7.27. The minimum atomic E-state index is -4.57. The van der Waals surface area contributed by atoms with Crippen LogP contribution >= 0.6 is 11.6 Å². The van der Waals surface area contributed by atoms with Gasteiger partial charge in [0.1, 0.15) is 5.75 Å². The molecule has 88 valence electrons. The number of benzene rings is 1. The van der Waals surface area contributed by atoms with Crippen molar-refractivity contribution in [3.63, 3.8) is 0 Å². The zero-order valence-corrected chi connectivity index (χ0v) is 8.80. The van der Waals surface area contributed by atoms with Crippen molar-refractivity contribution < 1.29 is 28.0 Å². The van der Waals surface area contributed by atoms with Gasteiger partial charge in [-0.2, -0.15) is 13.2 Å². The van der Waals surface area contributed by atoms with Crippen LogP contribution in [0.1, 0.15) is 5.56 Å². The lowest BCUT2D eigenvalue weighted by molar-refractivity contribution is -0.137. The average molecular weight is 254 g/mol. The molecule has 1 rings (SSSR count). The van der Waals surface area contributed by atoms with Crippen LogP contribution in [-0.4, -0.2) is 24.3 Å². The molecule has 0 saturated heterocycles. The van der Waals surface area contributed by atoms with Gasteiger partial charge in [0.05, 0.1) is 12.7 Å². The van der Waals surface area contributed by atoms with Crippen molar-refractivity contribution >= 4 is 24.2 Å². The predicted octanol–water partition coefficient (Wildman–Crippen LogP) is 1.05. The first-order valence-corrected chi connectivity index (χ1v) is 4.46. The Bertz CT molecular complexity index is 395. The van der Waals surface area contributed by atoms with Crippen molar-refractivity contribution in [2.75, 3.05) is 7.11 Å². The summed E-state index contributed by atoms with van der Waals surface area (Å²) in [5.41, 5.74) is -1.31. The first-order valence-electron chi connectivity index (χ1n) is 4.08. The minimum Gasteiger partial charge on any atom is -0.497 e. The van der Waals surface area contributed by atoms with Gasteiger partial charge in [-0.15, -0.1) is 0 Å². The summed E-state index contributed by atoms with van der Waals surface area (Å²) in [6.07, 6.45) is -4.57. The molecule has 16 heavy (non-hydrogen) atoms. The average Bonchev–Trinajstić information content (AvgIpc) is 2.14. The number of ether oxygens (including phenoxy) is 1. The van der Waals surface area contributed by atoms with Crippen LogP contribution in [0.3, 0.4) is 0 Å². The molecule has 1 aromatic carbocycles. The molecular weight excluding hydrogens is 247 g/mol. The molecule has 0 aliphatic carbocycles. The molecule has 0 fully saturated rings. The van der Waals surface area contributed by atoms with Gasteiger partial charge < -0.3 is 14.8 Å². The molecule has 0 saturated carbocycles. The van der Waals surface area contributed by atoms with Gasteiger partial charge in [-0.1, -0.05) is 11.6 Å². The molecule has 0 aliphatic heterocycles. The van der Waals surface area contributed by atoms with E-state index in [1.165, 1.54) is 0 Å². The Morgan fingerprint density at radius 3 is 2.25 bits per heavy atom. The molecule has 1 aromatic rings. The Morgan fingerprint density at radius 1 is 1.31 bits per heavy atom. The van der Waals surface area contributed by atoms with Crippen LogP contribution in [-0.2, 0) is 6.18 Å². The van der Waals surface area contributed by atoms with Gasteiger partial charge >= 0.3 is 13.3 Å². The van der Waals surface area contributed by atoms with Gasteiger partial charge in [0.2, 0.25) is 0 Å². The predicted molar refractivity (Wildman–Crippen MR) is 52.8 cm³/mol. The number of rotatable bonds is 2. The molecule has 0 radical (unpaired) electrons. The smallest absolute Gasteiger partial charge is 0.493 e. The standard InChI is InChI=1S/C8H7BClF3O3/c1-16-6-3-4(8(11,12)13)2-5(10)7(6)9(14)15/h2-3,14-15H,1H3. The normalized spacial score (nSPS) is 11.4. The van der Waals surface area contributed by atoms with Crippen LogP contribution in [0.15, 0.2) is 12.1 Å². The lowest BCUT2D eigenvalue weighted by Crippen LogP contribution is -2.32. The van der Waals surface area contributed by atoms with Crippen LogP contribution in [0.4, 0.5) is 13.2 Å². The fourth-order valence-corrected chi connectivity index (χ4v) is 1.48. The maximum Gasteiger partial charge on any atom is 0.493 e. The maximum atomic E-state index is 12.4. The molecule has 0 amide bonds. The third-order valence-electron chi connectivity index (χ3n) is 1.90. The van der Waals surface area contributed by atoms with E-state index in [0.29, 0.717) is 12.1 Å². The van der Waals surface area contributed by atoms with E-state index in [1.54, 1.807) is 0 Å². The fourth-order valence-electron chi connectivity index (χ4n) is 1.18. The van der Waals surface area contributed by atoms with E-state index < -0.39 is 23.9 Å². The molecular formula is C8H7BClF3O3. The summed E-state index contributed by atoms with van der Waals surface area (Å²) < 4.78 is 41.8. The van der Waals surface area contributed by atoms with Crippen LogP contribution in [0.25, 0.3) is 0 Å². The van der Waals surface area contributed by atoms with E-state index in [1.807, 2.05) is 0 Å². The Hall–Kier alpha value is -0.915. The Labute approximate surface area is 94.6 Å². The molecule has 0 heterocycles. The van der Waals surface area contributed by atoms with Gasteiger partial charge in [0, 0.05) is 10.5 Å².